The molecule has 9 aromatic heterocycles. The van der Waals surface area contributed by atoms with Crippen LogP contribution in [-0.2, 0) is 34.1 Å². The van der Waals surface area contributed by atoms with Gasteiger partial charge in [-0.3, -0.25) is 14.4 Å². The number of anilines is 3. The molecule has 88 heavy (non-hydrogen) atoms. The summed E-state index contributed by atoms with van der Waals surface area (Å²) in [6.07, 6.45) is 16.3. The van der Waals surface area contributed by atoms with Crippen molar-refractivity contribution in [2.45, 2.75) is 92.6 Å². The van der Waals surface area contributed by atoms with Crippen LogP contribution in [0.3, 0.4) is 0 Å². The van der Waals surface area contributed by atoms with Crippen LogP contribution in [0.25, 0.3) is 67.5 Å². The lowest BCUT2D eigenvalue weighted by Gasteiger charge is -2.39. The van der Waals surface area contributed by atoms with Crippen LogP contribution in [0.2, 0.25) is 0 Å². The molecule has 0 spiro atoms. The average molecular weight is 1230 g/mol. The van der Waals surface area contributed by atoms with Gasteiger partial charge in [-0.05, 0) is 50.3 Å². The molecule has 0 saturated carbocycles. The number of rotatable bonds is 16. The summed E-state index contributed by atoms with van der Waals surface area (Å²) in [7, 11) is -7.57. The van der Waals surface area contributed by atoms with Crippen molar-refractivity contribution in [2.24, 2.45) is 5.92 Å². The summed E-state index contributed by atoms with van der Waals surface area (Å²) in [6.45, 7) is 5.42. The maximum atomic E-state index is 14.0. The fourth-order valence-electron chi connectivity index (χ4n) is 12.3. The van der Waals surface area contributed by atoms with Gasteiger partial charge in [0.05, 0.1) is 69.7 Å². The molecule has 0 aromatic carbocycles. The number of nitrogens with zero attached hydrogens (tertiary/aromatic N) is 14. The number of H-pyrrole nitrogens is 1. The number of piperidine rings is 3. The number of nitrogens with one attached hydrogen (secondary N) is 4. The summed E-state index contributed by atoms with van der Waals surface area (Å²) in [6, 6.07) is 9.27. The second-order valence-corrected chi connectivity index (χ2v) is 26.6. The van der Waals surface area contributed by atoms with Crippen LogP contribution < -0.4 is 16.0 Å². The molecule has 12 rings (SSSR count). The first-order valence-electron chi connectivity index (χ1n) is 28.2. The standard InChI is InChI=1S/C58H58N18O10S2/c1-32-17-34(24-72(23-32)47(77)5-11-59)67-51-40-9-15-76(54(40)64-21-43(51)56-66-33(2)29-84-56)38-19-36(26-74(28-38)49(79)7-13-61)69-52-41-10-16-75(55(41)65-22-44(52)58-71-46(31-86-58)88(4,82)83)37-18-35(25-73(27-37)48(78)6-12-60)68-50-39-8-14-62-53(39)63-20-42(50)57-70-45(30-85-57)87(3,80)81/h8-10,14-16,20-22,29-32,34-38H,5-7,17-19,23-28H2,1-4H3,(H,64,67)(H,65,69)(H2,62,63,68)/t32-,34+,35+,36+,37-,38?/m0/s1. The number of aromatic amines is 1. The molecule has 4 N–H and O–H groups in total. The van der Waals surface area contributed by atoms with E-state index in [1.165, 1.54) is 12.4 Å². The smallest absolute Gasteiger partial charge is 0.236 e. The van der Waals surface area contributed by atoms with E-state index in [9.17, 15) is 47.0 Å². The van der Waals surface area contributed by atoms with Crippen molar-refractivity contribution < 1.29 is 44.5 Å². The van der Waals surface area contributed by atoms with Crippen molar-refractivity contribution in [2.75, 3.05) is 67.7 Å². The lowest BCUT2D eigenvalue weighted by atomic mass is 9.95. The highest BCUT2D eigenvalue weighted by Crippen LogP contribution is 2.42. The molecule has 0 bridgehead atoms. The molecule has 30 heteroatoms. The fourth-order valence-corrected chi connectivity index (χ4v) is 13.3. The molecule has 3 fully saturated rings. The van der Waals surface area contributed by atoms with Gasteiger partial charge in [0.15, 0.2) is 29.7 Å². The number of likely N-dealkylation sites (tertiary alicyclic amines) is 3. The monoisotopic (exact) mass is 1230 g/mol. The normalized spacial score (nSPS) is 20.0. The molecule has 12 heterocycles. The Morgan fingerprint density at radius 3 is 1.43 bits per heavy atom. The van der Waals surface area contributed by atoms with Crippen LogP contribution in [0.5, 0.6) is 0 Å². The molecule has 0 radical (unpaired) electrons. The third kappa shape index (κ3) is 11.4. The molecule has 3 saturated heterocycles. The number of amides is 3. The van der Waals surface area contributed by atoms with Gasteiger partial charge in [0.1, 0.15) is 55.0 Å². The maximum absolute atomic E-state index is 14.0. The molecular formula is C58H58N18O10S2. The first-order valence-corrected chi connectivity index (χ1v) is 32.0. The van der Waals surface area contributed by atoms with Crippen molar-refractivity contribution in [1.82, 2.24) is 58.7 Å². The molecule has 9 aromatic rings. The quantitative estimate of drug-likeness (QED) is 0.0831. The summed E-state index contributed by atoms with van der Waals surface area (Å²) in [5.41, 5.74) is 5.02. The van der Waals surface area contributed by atoms with Gasteiger partial charge in [-0.1, -0.05) is 6.92 Å². The van der Waals surface area contributed by atoms with Crippen molar-refractivity contribution in [3.05, 3.63) is 79.9 Å². The summed E-state index contributed by atoms with van der Waals surface area (Å²) in [5.74, 6) is -0.677. The average Bonchev–Trinajstić information content (AvgIpc) is 1.73. The highest BCUT2D eigenvalue weighted by molar-refractivity contribution is 7.90. The van der Waals surface area contributed by atoms with Gasteiger partial charge in [-0.25, -0.2) is 36.8 Å². The number of oxazole rings is 3. The SMILES string of the molecule is Cc1coc(-c2cnc3c(ccn3C3C[C@@H](Nc4c(-c5nc(S(C)(=O)=O)co5)cnc5c4ccn5[C@H]4C[C@@H](Nc5c(-c6nc(S(C)(=O)=O)co6)cnc6[nH]ccc56)CN(C(=O)CC#N)C4)CN(C(=O)CC#N)C3)c2N[C@@H]2C[C@H](C)CN(C(=O)CC#N)C2)n1. The van der Waals surface area contributed by atoms with Gasteiger partial charge in [0, 0.05) is 123 Å². The second kappa shape index (κ2) is 23.3. The number of sulfone groups is 2. The summed E-state index contributed by atoms with van der Waals surface area (Å²) < 4.78 is 72.1. The zero-order chi connectivity index (χ0) is 61.8. The first kappa shape index (κ1) is 58.3. The predicted octanol–water partition coefficient (Wildman–Crippen LogP) is 6.24. The second-order valence-electron chi connectivity index (χ2n) is 22.7. The minimum absolute atomic E-state index is 0.00417. The molecular weight excluding hydrogens is 1170 g/mol. The number of pyridine rings is 3. The number of nitriles is 3. The van der Waals surface area contributed by atoms with E-state index in [0.717, 1.165) is 31.5 Å². The van der Waals surface area contributed by atoms with Crippen LogP contribution in [0.4, 0.5) is 17.1 Å². The summed E-state index contributed by atoms with van der Waals surface area (Å²) in [5, 5.41) is 41.3. The number of hydrogen-bond donors (Lipinski definition) is 4. The van der Waals surface area contributed by atoms with Gasteiger partial charge in [-0.15, -0.1) is 0 Å². The van der Waals surface area contributed by atoms with Crippen LogP contribution in [-0.4, -0.2) is 163 Å². The van der Waals surface area contributed by atoms with Gasteiger partial charge in [0.2, 0.25) is 35.4 Å². The van der Waals surface area contributed by atoms with E-state index >= 15 is 0 Å². The molecule has 3 aliphatic heterocycles. The molecule has 1 unspecified atom stereocenters. The van der Waals surface area contributed by atoms with E-state index in [-0.39, 0.29) is 78.7 Å². The lowest BCUT2D eigenvalue weighted by Crippen LogP contribution is -2.49. The topological polar surface area (TPSA) is 379 Å². The van der Waals surface area contributed by atoms with Crippen LogP contribution in [0, 0.1) is 46.8 Å². The van der Waals surface area contributed by atoms with Crippen molar-refractivity contribution in [3.63, 3.8) is 0 Å². The first-order chi connectivity index (χ1) is 42.2. The molecule has 28 nitrogen and oxygen atoms in total. The Morgan fingerprint density at radius 1 is 0.580 bits per heavy atom. The van der Waals surface area contributed by atoms with E-state index in [0.29, 0.717) is 104 Å². The zero-order valence-corrected chi connectivity index (χ0v) is 49.7. The van der Waals surface area contributed by atoms with Crippen LogP contribution >= 0.6 is 0 Å². The zero-order valence-electron chi connectivity index (χ0n) is 48.0. The van der Waals surface area contributed by atoms with Crippen molar-refractivity contribution in [1.29, 1.82) is 15.8 Å². The number of aryl methyl sites for hydroxylation is 1. The Morgan fingerprint density at radius 2 is 1.00 bits per heavy atom. The van der Waals surface area contributed by atoms with E-state index < -0.39 is 62.1 Å². The van der Waals surface area contributed by atoms with Gasteiger partial charge < -0.3 is 58.0 Å². The number of hydrogen-bond acceptors (Lipinski definition) is 22. The number of aromatic nitrogens is 9. The largest absolute Gasteiger partial charge is 0.444 e. The van der Waals surface area contributed by atoms with E-state index in [4.69, 9.17) is 23.2 Å². The highest BCUT2D eigenvalue weighted by atomic mass is 32.2. The maximum Gasteiger partial charge on any atom is 0.236 e. The number of fused-ring (bicyclic) bond motifs is 3. The van der Waals surface area contributed by atoms with Crippen molar-refractivity contribution in [3.8, 4) is 52.6 Å². The highest BCUT2D eigenvalue weighted by Gasteiger charge is 2.37. The predicted molar refractivity (Wildman–Crippen MR) is 317 cm³/mol. The Labute approximate surface area is 503 Å². The fraction of sp³-hybridized carbons (Fsp3) is 0.379. The minimum atomic E-state index is -3.84. The Balaban J connectivity index is 0.917. The lowest BCUT2D eigenvalue weighted by molar-refractivity contribution is -0.132. The van der Waals surface area contributed by atoms with Crippen LogP contribution in [0.15, 0.2) is 97.5 Å². The molecule has 452 valence electrons. The van der Waals surface area contributed by atoms with Gasteiger partial charge in [-0.2, -0.15) is 25.8 Å². The third-order valence-corrected chi connectivity index (χ3v) is 18.1. The van der Waals surface area contributed by atoms with E-state index in [1.54, 1.807) is 39.4 Å². The van der Waals surface area contributed by atoms with Gasteiger partial charge in [0.25, 0.3) is 0 Å². The Hall–Kier alpha value is -10.1. The Kier molecular flexibility index (Phi) is 15.4. The minimum Gasteiger partial charge on any atom is -0.444 e. The summed E-state index contributed by atoms with van der Waals surface area (Å²) in [4.78, 5) is 76.7. The van der Waals surface area contributed by atoms with Crippen molar-refractivity contribution >= 4 is 87.6 Å². The molecule has 0 aliphatic carbocycles. The molecule has 3 aliphatic rings. The molecule has 3 amide bonds. The van der Waals surface area contributed by atoms with E-state index in [2.05, 4.69) is 47.8 Å². The molecule has 6 atom stereocenters. The Bertz CT molecular complexity index is 4600. The van der Waals surface area contributed by atoms with Gasteiger partial charge >= 0.3 is 0 Å². The number of carbonyl (C=O) groups excluding carboxylic acids is 3. The van der Waals surface area contributed by atoms with E-state index in [1.807, 2.05) is 58.8 Å². The number of carbonyl (C=O) groups is 3. The third-order valence-electron chi connectivity index (χ3n) is 16.2. The van der Waals surface area contributed by atoms with Crippen LogP contribution in [0.1, 0.15) is 63.2 Å². The summed E-state index contributed by atoms with van der Waals surface area (Å²) >= 11 is 0.